The molecule has 0 saturated carbocycles. The predicted octanol–water partition coefficient (Wildman–Crippen LogP) is 23.1. The lowest BCUT2D eigenvalue weighted by Crippen LogP contribution is -2.30. The maximum Gasteiger partial charge on any atom is 0.472 e. The van der Waals surface area contributed by atoms with Crippen molar-refractivity contribution in [1.29, 1.82) is 0 Å². The van der Waals surface area contributed by atoms with Crippen LogP contribution in [0.5, 0.6) is 0 Å². The van der Waals surface area contributed by atoms with Gasteiger partial charge in [-0.15, -0.1) is 0 Å². The number of unbranched alkanes of at least 4 members (excludes halogenated alkanes) is 43. The molecule has 0 aliphatic carbocycles. The quantitative estimate of drug-likeness (QED) is 0.0169. The van der Waals surface area contributed by atoms with Crippen LogP contribution in [0.25, 0.3) is 0 Å². The maximum atomic E-state index is 13.1. The molecule has 0 amide bonds. The van der Waals surface area contributed by atoms with Crippen molar-refractivity contribution in [2.75, 3.05) is 39.6 Å². The number of hydrogen-bond donors (Lipinski definition) is 3. The third kappa shape index (κ3) is 71.9. The number of carbonyl (C=O) groups is 4. The maximum absolute atomic E-state index is 13.1. The molecular weight excluding hydrogens is 1280 g/mol. The lowest BCUT2D eigenvalue weighted by atomic mass is 10.0. The summed E-state index contributed by atoms with van der Waals surface area (Å²) in [6.45, 7) is 9.50. The van der Waals surface area contributed by atoms with Gasteiger partial charge in [-0.3, -0.25) is 37.3 Å². The van der Waals surface area contributed by atoms with E-state index in [2.05, 4.69) is 65.8 Å². The Hall–Kier alpha value is -2.46. The SMILES string of the molecule is CCCCCC/C=C\C=C/CCCCCCCC(=O)OC[C@H](COP(=O)(O)OC[C@@H](O)COP(=O)(O)OC[C@@H](COC(=O)CCCCCCCCC(C)C)OC(=O)CCCCCCCCCCCCCCC)OC(=O)CCCCCCCCCCCCCCCCCCCCC(C)C. The van der Waals surface area contributed by atoms with Crippen LogP contribution in [0.4, 0.5) is 0 Å². The third-order valence-corrected chi connectivity index (χ3v) is 19.7. The Morgan fingerprint density at radius 3 is 0.837 bits per heavy atom. The molecule has 3 N–H and O–H groups in total. The van der Waals surface area contributed by atoms with Gasteiger partial charge in [0.15, 0.2) is 12.2 Å². The van der Waals surface area contributed by atoms with Gasteiger partial charge in [0.05, 0.1) is 26.4 Å². The van der Waals surface area contributed by atoms with E-state index in [1.807, 2.05) is 0 Å². The van der Waals surface area contributed by atoms with Gasteiger partial charge in [0.1, 0.15) is 19.3 Å². The first-order valence-electron chi connectivity index (χ1n) is 40.3. The molecule has 0 radical (unpaired) electrons. The Labute approximate surface area is 599 Å². The first-order chi connectivity index (χ1) is 47.4. The van der Waals surface area contributed by atoms with Crippen molar-refractivity contribution in [3.63, 3.8) is 0 Å². The Morgan fingerprint density at radius 2 is 0.551 bits per heavy atom. The monoisotopic (exact) mass is 1430 g/mol. The van der Waals surface area contributed by atoms with Crippen molar-refractivity contribution in [2.24, 2.45) is 11.8 Å². The zero-order valence-corrected chi connectivity index (χ0v) is 65.4. The number of phosphoric acid groups is 2. The average molecular weight is 1430 g/mol. The van der Waals surface area contributed by atoms with Crippen LogP contribution in [0.15, 0.2) is 24.3 Å². The second kappa shape index (κ2) is 70.2. The number of phosphoric ester groups is 2. The number of rotatable bonds is 76. The van der Waals surface area contributed by atoms with E-state index in [9.17, 15) is 43.2 Å². The van der Waals surface area contributed by atoms with Crippen LogP contribution in [0, 0.1) is 11.8 Å². The molecule has 0 aromatic carbocycles. The lowest BCUT2D eigenvalue weighted by molar-refractivity contribution is -0.161. The Morgan fingerprint density at radius 1 is 0.316 bits per heavy atom. The van der Waals surface area contributed by atoms with Crippen LogP contribution >= 0.6 is 15.6 Å². The van der Waals surface area contributed by atoms with Crippen LogP contribution in [-0.4, -0.2) is 96.7 Å². The molecule has 0 bridgehead atoms. The number of carbonyl (C=O) groups excluding carboxylic acids is 4. The number of aliphatic hydroxyl groups is 1. The van der Waals surface area contributed by atoms with E-state index in [0.717, 1.165) is 121 Å². The standard InChI is InChI=1S/C79H150O17P2/c1-7-9-11-13-15-17-19-21-26-31-34-38-42-49-55-61-76(81)89-67-74(95-78(83)64-58-52-44-40-36-32-28-25-23-22-24-27-30-33-37-41-47-53-59-71(3)4)69-93-97(85,86)91-65-73(80)66-92-98(87,88)94-70-75(68-90-77(82)62-56-50-46-45-48-54-60-72(5)6)96-79(84)63-57-51-43-39-35-29-20-18-16-14-12-10-8-2/h17,19,21,26,71-75,80H,7-16,18,20,22-25,27-70H2,1-6H3,(H,85,86)(H,87,88)/b19-17-,26-21-/t73-,74-,75-/m1/s1. The third-order valence-electron chi connectivity index (χ3n) is 17.8. The minimum Gasteiger partial charge on any atom is -0.462 e. The molecule has 2 unspecified atom stereocenters. The van der Waals surface area contributed by atoms with Crippen LogP contribution in [0.2, 0.25) is 0 Å². The molecule has 0 aromatic rings. The fraction of sp³-hybridized carbons (Fsp3) is 0.899. The van der Waals surface area contributed by atoms with E-state index in [1.54, 1.807) is 0 Å². The molecular formula is C79H150O17P2. The molecule has 98 heavy (non-hydrogen) atoms. The molecule has 0 aliphatic heterocycles. The summed E-state index contributed by atoms with van der Waals surface area (Å²) < 4.78 is 68.5. The number of ether oxygens (including phenoxy) is 4. The molecule has 0 spiro atoms. The zero-order chi connectivity index (χ0) is 72.1. The first kappa shape index (κ1) is 95.5. The minimum atomic E-state index is -4.97. The summed E-state index contributed by atoms with van der Waals surface area (Å²) in [5, 5.41) is 10.6. The predicted molar refractivity (Wildman–Crippen MR) is 400 cm³/mol. The van der Waals surface area contributed by atoms with Crippen LogP contribution in [-0.2, 0) is 65.4 Å². The fourth-order valence-corrected chi connectivity index (χ4v) is 13.2. The fourth-order valence-electron chi connectivity index (χ4n) is 11.6. The Bertz CT molecular complexity index is 1980. The summed E-state index contributed by atoms with van der Waals surface area (Å²) in [7, 11) is -9.92. The van der Waals surface area contributed by atoms with Crippen LogP contribution < -0.4 is 0 Å². The van der Waals surface area contributed by atoms with E-state index >= 15 is 0 Å². The van der Waals surface area contributed by atoms with Crippen molar-refractivity contribution >= 4 is 39.5 Å². The summed E-state index contributed by atoms with van der Waals surface area (Å²) in [6, 6.07) is 0. The molecule has 19 heteroatoms. The van der Waals surface area contributed by atoms with E-state index in [1.165, 1.54) is 180 Å². The van der Waals surface area contributed by atoms with E-state index in [-0.39, 0.29) is 25.7 Å². The normalized spacial score (nSPS) is 14.1. The largest absolute Gasteiger partial charge is 0.472 e. The van der Waals surface area contributed by atoms with Crippen molar-refractivity contribution < 1.29 is 80.2 Å². The second-order valence-corrected chi connectivity index (χ2v) is 31.6. The second-order valence-electron chi connectivity index (χ2n) is 28.7. The highest BCUT2D eigenvalue weighted by atomic mass is 31.2. The topological polar surface area (TPSA) is 237 Å². The zero-order valence-electron chi connectivity index (χ0n) is 63.6. The lowest BCUT2D eigenvalue weighted by Gasteiger charge is -2.21. The van der Waals surface area contributed by atoms with Crippen LogP contribution in [0.1, 0.15) is 388 Å². The smallest absolute Gasteiger partial charge is 0.462 e. The van der Waals surface area contributed by atoms with Gasteiger partial charge >= 0.3 is 39.5 Å². The molecule has 0 aliphatic rings. The van der Waals surface area contributed by atoms with Gasteiger partial charge in [0, 0.05) is 25.7 Å². The molecule has 0 fully saturated rings. The summed E-state index contributed by atoms with van der Waals surface area (Å²) in [5.41, 5.74) is 0. The highest BCUT2D eigenvalue weighted by Gasteiger charge is 2.30. The Kier molecular flexibility index (Phi) is 68.5. The van der Waals surface area contributed by atoms with Gasteiger partial charge in [-0.25, -0.2) is 9.13 Å². The molecule has 0 aromatic heterocycles. The van der Waals surface area contributed by atoms with E-state index in [4.69, 9.17) is 37.0 Å². The summed E-state index contributed by atoms with van der Waals surface area (Å²) in [5.74, 6) is -0.647. The van der Waals surface area contributed by atoms with Gasteiger partial charge in [0.2, 0.25) is 0 Å². The Balaban J connectivity index is 5.24. The highest BCUT2D eigenvalue weighted by molar-refractivity contribution is 7.47. The number of esters is 4. The highest BCUT2D eigenvalue weighted by Crippen LogP contribution is 2.45. The minimum absolute atomic E-state index is 0.101. The van der Waals surface area contributed by atoms with Crippen molar-refractivity contribution in [3.8, 4) is 0 Å². The number of allylic oxidation sites excluding steroid dienone is 4. The first-order valence-corrected chi connectivity index (χ1v) is 43.3. The molecule has 0 rings (SSSR count). The molecule has 17 nitrogen and oxygen atoms in total. The summed E-state index contributed by atoms with van der Waals surface area (Å²) >= 11 is 0. The number of hydrogen-bond acceptors (Lipinski definition) is 15. The van der Waals surface area contributed by atoms with Gasteiger partial charge in [-0.1, -0.05) is 336 Å². The summed E-state index contributed by atoms with van der Waals surface area (Å²) in [4.78, 5) is 72.8. The van der Waals surface area contributed by atoms with E-state index in [0.29, 0.717) is 31.6 Å². The molecule has 5 atom stereocenters. The van der Waals surface area contributed by atoms with Crippen molar-refractivity contribution in [3.05, 3.63) is 24.3 Å². The summed E-state index contributed by atoms with van der Waals surface area (Å²) in [6.07, 6.45) is 62.0. The van der Waals surface area contributed by atoms with Gasteiger partial charge < -0.3 is 33.8 Å². The van der Waals surface area contributed by atoms with Crippen LogP contribution in [0.3, 0.4) is 0 Å². The van der Waals surface area contributed by atoms with Crippen molar-refractivity contribution in [1.82, 2.24) is 0 Å². The average Bonchev–Trinajstić information content (AvgIpc) is 0.948. The molecule has 578 valence electrons. The molecule has 0 heterocycles. The molecule has 0 saturated heterocycles. The van der Waals surface area contributed by atoms with Gasteiger partial charge in [-0.2, -0.15) is 0 Å². The van der Waals surface area contributed by atoms with Crippen molar-refractivity contribution in [2.45, 2.75) is 407 Å². The van der Waals surface area contributed by atoms with Gasteiger partial charge in [-0.05, 0) is 63.2 Å². The van der Waals surface area contributed by atoms with Gasteiger partial charge in [0.25, 0.3) is 0 Å². The van der Waals surface area contributed by atoms with E-state index < -0.39 is 97.5 Å². The number of aliphatic hydroxyl groups excluding tert-OH is 1.